The van der Waals surface area contributed by atoms with Gasteiger partial charge in [-0.1, -0.05) is 13.3 Å². The van der Waals surface area contributed by atoms with Crippen LogP contribution in [0.25, 0.3) is 0 Å². The Labute approximate surface area is 115 Å². The fraction of sp³-hybridized carbons (Fsp3) is 0.833. The van der Waals surface area contributed by atoms with Gasteiger partial charge in [-0.3, -0.25) is 4.79 Å². The second-order valence-corrected chi connectivity index (χ2v) is 5.11. The van der Waals surface area contributed by atoms with Crippen molar-refractivity contribution in [1.82, 2.24) is 9.80 Å². The number of rotatable bonds is 4. The number of carboxylic acids is 1. The molecule has 1 heterocycles. The summed E-state index contributed by atoms with van der Waals surface area (Å²) in [6.45, 7) is 1.37. The van der Waals surface area contributed by atoms with Gasteiger partial charge in [0.25, 0.3) is 0 Å². The van der Waals surface area contributed by atoms with Gasteiger partial charge in [-0.25, -0.2) is 4.79 Å². The zero-order chi connectivity index (χ0) is 15.6. The Balaban J connectivity index is 2.79. The lowest BCUT2D eigenvalue weighted by Crippen LogP contribution is -2.49. The number of hydrogen-bond donors (Lipinski definition) is 1. The lowest BCUT2D eigenvalue weighted by atomic mass is 9.86. The van der Waals surface area contributed by atoms with Crippen LogP contribution in [0.4, 0.5) is 18.0 Å². The maximum Gasteiger partial charge on any atom is 0.406 e. The van der Waals surface area contributed by atoms with E-state index in [4.69, 9.17) is 5.11 Å². The van der Waals surface area contributed by atoms with E-state index >= 15 is 0 Å². The number of carbonyl (C=O) groups excluding carboxylic acids is 1. The second-order valence-electron chi connectivity index (χ2n) is 5.11. The van der Waals surface area contributed by atoms with Crippen LogP contribution in [-0.4, -0.2) is 59.8 Å². The number of likely N-dealkylation sites (tertiary alicyclic amines) is 1. The lowest BCUT2D eigenvalue weighted by molar-refractivity contribution is -0.227. The molecule has 1 rings (SSSR count). The summed E-state index contributed by atoms with van der Waals surface area (Å²) in [5, 5.41) is 8.91. The third-order valence-corrected chi connectivity index (χ3v) is 3.67. The van der Waals surface area contributed by atoms with E-state index in [1.54, 1.807) is 0 Å². The molecule has 0 bridgehead atoms. The third-order valence-electron chi connectivity index (χ3n) is 3.67. The largest absolute Gasteiger partial charge is 0.481 e. The zero-order valence-corrected chi connectivity index (χ0v) is 11.5. The number of aliphatic carboxylic acids is 1. The first kappa shape index (κ1) is 16.6. The number of unbranched alkanes of at least 4 members (excludes halogenated alkanes) is 1. The monoisotopic (exact) mass is 296 g/mol. The smallest absolute Gasteiger partial charge is 0.406 e. The van der Waals surface area contributed by atoms with Gasteiger partial charge in [0.2, 0.25) is 0 Å². The minimum Gasteiger partial charge on any atom is -0.481 e. The number of halogens is 3. The summed E-state index contributed by atoms with van der Waals surface area (Å²) >= 11 is 0. The van der Waals surface area contributed by atoms with E-state index in [2.05, 4.69) is 0 Å². The molecular weight excluding hydrogens is 277 g/mol. The van der Waals surface area contributed by atoms with Crippen molar-refractivity contribution in [2.75, 3.05) is 26.7 Å². The van der Waals surface area contributed by atoms with Gasteiger partial charge < -0.3 is 14.9 Å². The van der Waals surface area contributed by atoms with Crippen molar-refractivity contribution in [1.29, 1.82) is 0 Å². The fourth-order valence-corrected chi connectivity index (χ4v) is 2.23. The average molecular weight is 296 g/mol. The molecule has 116 valence electrons. The lowest BCUT2D eigenvalue weighted by Gasteiger charge is -2.29. The van der Waals surface area contributed by atoms with E-state index in [0.29, 0.717) is 6.54 Å². The molecule has 1 aliphatic rings. The summed E-state index contributed by atoms with van der Waals surface area (Å²) in [4.78, 5) is 25.3. The van der Waals surface area contributed by atoms with Crippen LogP contribution in [0.2, 0.25) is 0 Å². The minimum absolute atomic E-state index is 0.193. The molecule has 2 amide bonds. The van der Waals surface area contributed by atoms with Gasteiger partial charge >= 0.3 is 18.2 Å². The number of hydrogen-bond acceptors (Lipinski definition) is 2. The van der Waals surface area contributed by atoms with Crippen LogP contribution in [0.3, 0.4) is 0 Å². The topological polar surface area (TPSA) is 60.9 Å². The van der Waals surface area contributed by atoms with Gasteiger partial charge in [0, 0.05) is 26.7 Å². The highest BCUT2D eigenvalue weighted by atomic mass is 19.4. The van der Waals surface area contributed by atoms with Crippen LogP contribution >= 0.6 is 0 Å². The van der Waals surface area contributed by atoms with Crippen molar-refractivity contribution in [3.05, 3.63) is 0 Å². The van der Waals surface area contributed by atoms with Crippen molar-refractivity contribution in [2.24, 2.45) is 5.41 Å². The Morgan fingerprint density at radius 2 is 2.00 bits per heavy atom. The average Bonchev–Trinajstić information content (AvgIpc) is 2.80. The summed E-state index contributed by atoms with van der Waals surface area (Å²) in [5.74, 6) is -1.92. The van der Waals surface area contributed by atoms with Crippen LogP contribution in [0.1, 0.15) is 26.2 Å². The Bertz CT molecular complexity index is 387. The van der Waals surface area contributed by atoms with Gasteiger partial charge in [0.05, 0.1) is 0 Å². The molecule has 0 aliphatic carbocycles. The molecule has 5 nitrogen and oxygen atoms in total. The Morgan fingerprint density at radius 1 is 1.40 bits per heavy atom. The predicted molar refractivity (Wildman–Crippen MR) is 65.2 cm³/mol. The maximum absolute atomic E-state index is 13.0. The van der Waals surface area contributed by atoms with Crippen molar-refractivity contribution < 1.29 is 27.9 Å². The highest BCUT2D eigenvalue weighted by Gasteiger charge is 2.64. The quantitative estimate of drug-likeness (QED) is 0.865. The summed E-state index contributed by atoms with van der Waals surface area (Å²) in [6, 6.07) is -0.550. The molecule has 1 unspecified atom stereocenters. The minimum atomic E-state index is -4.87. The molecule has 1 aliphatic heterocycles. The normalized spacial score (nSPS) is 22.9. The van der Waals surface area contributed by atoms with E-state index in [0.717, 1.165) is 17.7 Å². The van der Waals surface area contributed by atoms with Crippen LogP contribution in [0.5, 0.6) is 0 Å². The second kappa shape index (κ2) is 5.88. The number of urea groups is 1. The summed E-state index contributed by atoms with van der Waals surface area (Å²) < 4.78 is 38.9. The number of nitrogens with zero attached hydrogens (tertiary/aromatic N) is 2. The van der Waals surface area contributed by atoms with Crippen LogP contribution in [-0.2, 0) is 4.79 Å². The van der Waals surface area contributed by atoms with Crippen LogP contribution in [0.15, 0.2) is 0 Å². The van der Waals surface area contributed by atoms with Crippen LogP contribution in [0, 0.1) is 5.41 Å². The molecule has 1 atom stereocenters. The van der Waals surface area contributed by atoms with Gasteiger partial charge in [-0.2, -0.15) is 13.2 Å². The molecule has 8 heteroatoms. The highest BCUT2D eigenvalue weighted by Crippen LogP contribution is 2.45. The first-order valence-electron chi connectivity index (χ1n) is 6.46. The van der Waals surface area contributed by atoms with Gasteiger partial charge in [0.1, 0.15) is 0 Å². The molecule has 1 N–H and O–H groups in total. The van der Waals surface area contributed by atoms with Crippen molar-refractivity contribution >= 4 is 12.0 Å². The van der Waals surface area contributed by atoms with E-state index in [1.807, 2.05) is 6.92 Å². The first-order valence-corrected chi connectivity index (χ1v) is 6.46. The first-order chi connectivity index (χ1) is 9.15. The third kappa shape index (κ3) is 2.99. The molecule has 0 spiro atoms. The number of amides is 2. The van der Waals surface area contributed by atoms with E-state index in [-0.39, 0.29) is 6.54 Å². The van der Waals surface area contributed by atoms with Crippen LogP contribution < -0.4 is 0 Å². The molecule has 0 saturated carbocycles. The van der Waals surface area contributed by atoms with Gasteiger partial charge in [-0.05, 0) is 12.8 Å². The molecule has 0 aromatic heterocycles. The molecule has 20 heavy (non-hydrogen) atoms. The standard InChI is InChI=1S/C12H19F3N2O3/c1-3-4-6-16(2)10(20)17-7-5-11(8-17,9(18)19)12(13,14)15/h3-8H2,1-2H3,(H,18,19). The van der Waals surface area contributed by atoms with Crippen molar-refractivity contribution in [3.63, 3.8) is 0 Å². The molecule has 0 radical (unpaired) electrons. The van der Waals surface area contributed by atoms with Gasteiger partial charge in [-0.15, -0.1) is 0 Å². The maximum atomic E-state index is 13.0. The Kier molecular flexibility index (Phi) is 4.88. The summed E-state index contributed by atoms with van der Waals surface area (Å²) in [6.07, 6.45) is -3.85. The summed E-state index contributed by atoms with van der Waals surface area (Å²) in [7, 11) is 1.51. The molecule has 1 fully saturated rings. The number of carbonyl (C=O) groups is 2. The fourth-order valence-electron chi connectivity index (χ4n) is 2.23. The van der Waals surface area contributed by atoms with Crippen molar-refractivity contribution in [2.45, 2.75) is 32.4 Å². The SMILES string of the molecule is CCCCN(C)C(=O)N1CCC(C(=O)O)(C(F)(F)F)C1. The zero-order valence-electron chi connectivity index (χ0n) is 11.5. The number of carboxylic acid groups (broad SMARTS) is 1. The summed E-state index contributed by atoms with van der Waals surface area (Å²) in [5.41, 5.74) is -2.84. The predicted octanol–water partition coefficient (Wildman–Crippen LogP) is 2.18. The van der Waals surface area contributed by atoms with Gasteiger partial charge in [0.15, 0.2) is 5.41 Å². The van der Waals surface area contributed by atoms with E-state index in [1.165, 1.54) is 11.9 Å². The molecule has 1 saturated heterocycles. The van der Waals surface area contributed by atoms with E-state index in [9.17, 15) is 22.8 Å². The molecule has 0 aromatic carbocycles. The number of alkyl halides is 3. The Morgan fingerprint density at radius 3 is 2.40 bits per heavy atom. The van der Waals surface area contributed by atoms with Crippen molar-refractivity contribution in [3.8, 4) is 0 Å². The molecule has 0 aromatic rings. The molecular formula is C12H19F3N2O3. The van der Waals surface area contributed by atoms with E-state index < -0.39 is 36.6 Å². The Hall–Kier alpha value is -1.47. The highest BCUT2D eigenvalue weighted by molar-refractivity contribution is 5.80.